The summed E-state index contributed by atoms with van der Waals surface area (Å²) in [5, 5.41) is 8.61. The van der Waals surface area contributed by atoms with Gasteiger partial charge in [0, 0.05) is 17.6 Å². The average molecular weight is 404 g/mol. The normalized spacial score (nSPS) is 12.2. The fourth-order valence-electron chi connectivity index (χ4n) is 3.08. The van der Waals surface area contributed by atoms with E-state index in [9.17, 15) is 17.6 Å². The Hall–Kier alpha value is -3.23. The van der Waals surface area contributed by atoms with Crippen LogP contribution in [0.3, 0.4) is 0 Å². The Morgan fingerprint density at radius 1 is 1.07 bits per heavy atom. The van der Waals surface area contributed by atoms with Crippen LogP contribution in [0.1, 0.15) is 19.4 Å². The molecular weight excluding hydrogens is 388 g/mol. The first kappa shape index (κ1) is 19.1. The lowest BCUT2D eigenvalue weighted by molar-refractivity contribution is -0.127. The largest absolute Gasteiger partial charge is 0.489 e. The molecule has 0 radical (unpaired) electrons. The molecule has 29 heavy (non-hydrogen) atoms. The van der Waals surface area contributed by atoms with Crippen LogP contribution in [0.25, 0.3) is 28.1 Å². The molecule has 0 fully saturated rings. The maximum atomic E-state index is 13.9. The summed E-state index contributed by atoms with van der Waals surface area (Å²) in [6, 6.07) is 8.71. The van der Waals surface area contributed by atoms with Crippen LogP contribution in [0.5, 0.6) is 5.75 Å². The number of rotatable bonds is 4. The van der Waals surface area contributed by atoms with Crippen molar-refractivity contribution in [2.45, 2.75) is 32.5 Å². The predicted molar refractivity (Wildman–Crippen MR) is 99.2 cm³/mol. The molecule has 4 rings (SSSR count). The van der Waals surface area contributed by atoms with Crippen LogP contribution < -0.4 is 4.74 Å². The number of ether oxygens (including phenoxy) is 1. The summed E-state index contributed by atoms with van der Waals surface area (Å²) in [7, 11) is 0. The minimum Gasteiger partial charge on any atom is -0.489 e. The maximum Gasteiger partial charge on any atom is 0.393 e. The van der Waals surface area contributed by atoms with Crippen molar-refractivity contribution in [1.82, 2.24) is 19.6 Å². The van der Waals surface area contributed by atoms with Crippen LogP contribution in [-0.2, 0) is 6.42 Å². The van der Waals surface area contributed by atoms with Gasteiger partial charge in [-0.05, 0) is 37.6 Å². The summed E-state index contributed by atoms with van der Waals surface area (Å²) in [5.74, 6) is 0.113. The second-order valence-corrected chi connectivity index (χ2v) is 6.92. The molecule has 0 aliphatic rings. The average Bonchev–Trinajstić information content (AvgIpc) is 3.02. The minimum atomic E-state index is -4.32. The van der Waals surface area contributed by atoms with Gasteiger partial charge >= 0.3 is 6.18 Å². The highest BCUT2D eigenvalue weighted by Gasteiger charge is 2.28. The molecule has 3 heterocycles. The number of pyridine rings is 2. The van der Waals surface area contributed by atoms with Gasteiger partial charge in [-0.2, -0.15) is 13.2 Å². The van der Waals surface area contributed by atoms with Gasteiger partial charge in [0.1, 0.15) is 22.8 Å². The maximum absolute atomic E-state index is 13.9. The summed E-state index contributed by atoms with van der Waals surface area (Å²) in [6.45, 7) is 3.63. The molecule has 0 saturated heterocycles. The summed E-state index contributed by atoms with van der Waals surface area (Å²) < 4.78 is 59.3. The van der Waals surface area contributed by atoms with Crippen LogP contribution in [0.15, 0.2) is 42.6 Å². The van der Waals surface area contributed by atoms with E-state index in [0.717, 1.165) is 0 Å². The van der Waals surface area contributed by atoms with E-state index in [1.54, 1.807) is 12.1 Å². The number of hydrogen-bond donors (Lipinski definition) is 0. The third-order valence-corrected chi connectivity index (χ3v) is 4.18. The molecule has 0 atom stereocenters. The Kier molecular flexibility index (Phi) is 4.60. The zero-order valence-electron chi connectivity index (χ0n) is 15.5. The summed E-state index contributed by atoms with van der Waals surface area (Å²) >= 11 is 0. The van der Waals surface area contributed by atoms with Gasteiger partial charge in [0.15, 0.2) is 11.5 Å². The smallest absolute Gasteiger partial charge is 0.393 e. The molecule has 4 aromatic rings. The topological polar surface area (TPSA) is 52.3 Å². The molecule has 9 heteroatoms. The molecular formula is C20H16F4N4O. The second-order valence-electron chi connectivity index (χ2n) is 6.92. The van der Waals surface area contributed by atoms with Crippen molar-refractivity contribution in [3.8, 4) is 17.3 Å². The molecule has 0 saturated carbocycles. The molecule has 0 aliphatic heterocycles. The highest BCUT2D eigenvalue weighted by atomic mass is 19.4. The minimum absolute atomic E-state index is 0.0812. The van der Waals surface area contributed by atoms with E-state index in [4.69, 9.17) is 4.74 Å². The standard InChI is InChI=1S/C20H16F4N4O/c1-11(2)29-16-8-14(21)7-13-4-5-15(25-18(13)16)19-27-26-17-6-3-12(10-28(17)19)9-20(22,23)24/h3-8,10-11H,9H2,1-2H3. The highest BCUT2D eigenvalue weighted by Crippen LogP contribution is 2.29. The molecule has 3 aromatic heterocycles. The summed E-state index contributed by atoms with van der Waals surface area (Å²) in [5.41, 5.74) is 1.29. The van der Waals surface area contributed by atoms with Gasteiger partial charge in [0.25, 0.3) is 0 Å². The number of aromatic nitrogens is 4. The van der Waals surface area contributed by atoms with E-state index in [1.165, 1.54) is 34.9 Å². The van der Waals surface area contributed by atoms with E-state index in [2.05, 4.69) is 15.2 Å². The Balaban J connectivity index is 1.84. The highest BCUT2D eigenvalue weighted by molar-refractivity contribution is 5.86. The van der Waals surface area contributed by atoms with E-state index in [1.807, 2.05) is 13.8 Å². The lowest BCUT2D eigenvalue weighted by atomic mass is 10.1. The molecule has 1 aromatic carbocycles. The SMILES string of the molecule is CC(C)Oc1cc(F)cc2ccc(-c3nnc4ccc(CC(F)(F)F)cn34)nc12. The Morgan fingerprint density at radius 3 is 2.59 bits per heavy atom. The molecule has 0 unspecified atom stereocenters. The number of benzene rings is 1. The van der Waals surface area contributed by atoms with Gasteiger partial charge in [0.05, 0.1) is 12.5 Å². The van der Waals surface area contributed by atoms with Gasteiger partial charge < -0.3 is 4.74 Å². The molecule has 150 valence electrons. The van der Waals surface area contributed by atoms with Crippen LogP contribution >= 0.6 is 0 Å². The second kappa shape index (κ2) is 6.98. The number of hydrogen-bond acceptors (Lipinski definition) is 4. The van der Waals surface area contributed by atoms with Gasteiger partial charge in [-0.25, -0.2) is 9.37 Å². The van der Waals surface area contributed by atoms with Crippen LogP contribution in [0.4, 0.5) is 17.6 Å². The van der Waals surface area contributed by atoms with Gasteiger partial charge in [-0.3, -0.25) is 4.40 Å². The zero-order valence-corrected chi connectivity index (χ0v) is 15.5. The third-order valence-electron chi connectivity index (χ3n) is 4.18. The summed E-state index contributed by atoms with van der Waals surface area (Å²) in [4.78, 5) is 4.53. The molecule has 0 bridgehead atoms. The van der Waals surface area contributed by atoms with Gasteiger partial charge in [-0.1, -0.05) is 12.1 Å². The van der Waals surface area contributed by atoms with Crippen molar-refractivity contribution in [2.75, 3.05) is 0 Å². The zero-order chi connectivity index (χ0) is 20.8. The molecule has 0 amide bonds. The first-order chi connectivity index (χ1) is 13.7. The fourth-order valence-corrected chi connectivity index (χ4v) is 3.08. The van der Waals surface area contributed by atoms with Crippen LogP contribution in [0, 0.1) is 5.82 Å². The lowest BCUT2D eigenvalue weighted by Crippen LogP contribution is -2.12. The first-order valence-electron chi connectivity index (χ1n) is 8.87. The summed E-state index contributed by atoms with van der Waals surface area (Å²) in [6.07, 6.45) is -4.22. The van der Waals surface area contributed by atoms with Crippen molar-refractivity contribution < 1.29 is 22.3 Å². The number of nitrogens with zero attached hydrogens (tertiary/aromatic N) is 4. The molecule has 0 aliphatic carbocycles. The number of fused-ring (bicyclic) bond motifs is 2. The van der Waals surface area contributed by atoms with Crippen molar-refractivity contribution in [3.63, 3.8) is 0 Å². The lowest BCUT2D eigenvalue weighted by Gasteiger charge is -2.13. The van der Waals surface area contributed by atoms with Gasteiger partial charge in [0.2, 0.25) is 0 Å². The Morgan fingerprint density at radius 2 is 1.86 bits per heavy atom. The Labute approximate surface area is 163 Å². The van der Waals surface area contributed by atoms with E-state index >= 15 is 0 Å². The van der Waals surface area contributed by atoms with Crippen molar-refractivity contribution in [2.24, 2.45) is 0 Å². The number of halogens is 4. The van der Waals surface area contributed by atoms with Crippen molar-refractivity contribution in [1.29, 1.82) is 0 Å². The van der Waals surface area contributed by atoms with Crippen molar-refractivity contribution >= 4 is 16.6 Å². The van der Waals surface area contributed by atoms with E-state index in [0.29, 0.717) is 22.2 Å². The molecule has 5 nitrogen and oxygen atoms in total. The quantitative estimate of drug-likeness (QED) is 0.451. The Bertz CT molecular complexity index is 1200. The van der Waals surface area contributed by atoms with Crippen molar-refractivity contribution in [3.05, 3.63) is 54.0 Å². The van der Waals surface area contributed by atoms with Crippen LogP contribution in [-0.4, -0.2) is 31.9 Å². The van der Waals surface area contributed by atoms with E-state index < -0.39 is 18.4 Å². The molecule has 0 N–H and O–H groups in total. The van der Waals surface area contributed by atoms with Gasteiger partial charge in [-0.15, -0.1) is 10.2 Å². The van der Waals surface area contributed by atoms with E-state index in [-0.39, 0.29) is 23.2 Å². The third kappa shape index (κ3) is 3.98. The fraction of sp³-hybridized carbons (Fsp3) is 0.250. The predicted octanol–water partition coefficient (Wildman–Crippen LogP) is 4.98. The first-order valence-corrected chi connectivity index (χ1v) is 8.87. The van der Waals surface area contributed by atoms with Crippen LogP contribution in [0.2, 0.25) is 0 Å². The molecule has 0 spiro atoms. The monoisotopic (exact) mass is 404 g/mol. The number of alkyl halides is 3.